The molecule has 118 valence electrons. The van der Waals surface area contributed by atoms with Crippen molar-refractivity contribution in [1.82, 2.24) is 4.90 Å². The summed E-state index contributed by atoms with van der Waals surface area (Å²) in [5, 5.41) is -0.0867. The van der Waals surface area contributed by atoms with E-state index < -0.39 is 0 Å². The first-order valence-corrected chi connectivity index (χ1v) is 8.06. The summed E-state index contributed by atoms with van der Waals surface area (Å²) in [5.74, 6) is 0.181. The van der Waals surface area contributed by atoms with Gasteiger partial charge in [-0.2, -0.15) is 0 Å². The summed E-state index contributed by atoms with van der Waals surface area (Å²) < 4.78 is 10.4. The molecule has 5 heteroatoms. The Balaban J connectivity index is 2.69. The van der Waals surface area contributed by atoms with E-state index in [4.69, 9.17) is 9.47 Å². The van der Waals surface area contributed by atoms with Gasteiger partial charge in [-0.3, -0.25) is 4.79 Å². The zero-order chi connectivity index (χ0) is 15.8. The zero-order valence-corrected chi connectivity index (χ0v) is 14.3. The number of ether oxygens (including phenoxy) is 2. The van der Waals surface area contributed by atoms with E-state index in [1.165, 1.54) is 0 Å². The normalized spacial score (nSPS) is 12.5. The maximum absolute atomic E-state index is 12.2. The lowest BCUT2D eigenvalue weighted by Crippen LogP contribution is -2.36. The Morgan fingerprint density at radius 3 is 2.10 bits per heavy atom. The molecule has 21 heavy (non-hydrogen) atoms. The number of amides is 1. The number of benzene rings is 1. The maximum Gasteiger partial charge on any atom is 0.235 e. The van der Waals surface area contributed by atoms with Crippen molar-refractivity contribution in [3.8, 4) is 0 Å². The van der Waals surface area contributed by atoms with E-state index in [0.29, 0.717) is 0 Å². The van der Waals surface area contributed by atoms with Crippen molar-refractivity contribution in [1.29, 1.82) is 0 Å². The average Bonchev–Trinajstić information content (AvgIpc) is 2.51. The molecule has 0 heterocycles. The van der Waals surface area contributed by atoms with Gasteiger partial charge < -0.3 is 14.4 Å². The molecule has 0 radical (unpaired) electrons. The third-order valence-corrected chi connectivity index (χ3v) is 4.42. The van der Waals surface area contributed by atoms with Crippen LogP contribution in [0.15, 0.2) is 29.2 Å². The van der Waals surface area contributed by atoms with Crippen molar-refractivity contribution in [2.45, 2.75) is 37.2 Å². The molecule has 1 amide bonds. The first-order chi connectivity index (χ1) is 10.1. The number of methoxy groups -OCH3 is 2. The lowest BCUT2D eigenvalue weighted by Gasteiger charge is -2.22. The predicted octanol–water partition coefficient (Wildman–Crippen LogP) is 3.33. The topological polar surface area (TPSA) is 38.8 Å². The first-order valence-electron chi connectivity index (χ1n) is 7.18. The molecule has 1 unspecified atom stereocenters. The van der Waals surface area contributed by atoms with Crippen LogP contribution < -0.4 is 0 Å². The van der Waals surface area contributed by atoms with E-state index in [9.17, 15) is 4.79 Å². The molecule has 1 rings (SSSR count). The van der Waals surface area contributed by atoms with Crippen molar-refractivity contribution in [2.75, 3.05) is 27.3 Å². The average molecular weight is 311 g/mol. The SMILES string of the molecule is CCN(CC)C(=O)C(C)Sc1ccc(C(OC)OC)cc1. The Morgan fingerprint density at radius 2 is 1.67 bits per heavy atom. The van der Waals surface area contributed by atoms with E-state index in [2.05, 4.69) is 0 Å². The van der Waals surface area contributed by atoms with Gasteiger partial charge in [0, 0.05) is 37.8 Å². The lowest BCUT2D eigenvalue weighted by molar-refractivity contribution is -0.129. The Morgan fingerprint density at radius 1 is 1.14 bits per heavy atom. The van der Waals surface area contributed by atoms with Gasteiger partial charge in [-0.25, -0.2) is 0 Å². The van der Waals surface area contributed by atoms with Gasteiger partial charge in [-0.05, 0) is 32.9 Å². The molecular weight excluding hydrogens is 286 g/mol. The van der Waals surface area contributed by atoms with Gasteiger partial charge in [0.05, 0.1) is 5.25 Å². The molecular formula is C16H25NO3S. The minimum atomic E-state index is -0.348. The Labute approximate surface area is 131 Å². The van der Waals surface area contributed by atoms with Crippen LogP contribution in [0, 0.1) is 0 Å². The van der Waals surface area contributed by atoms with E-state index in [-0.39, 0.29) is 17.4 Å². The van der Waals surface area contributed by atoms with Crippen molar-refractivity contribution in [3.63, 3.8) is 0 Å². The summed E-state index contributed by atoms with van der Waals surface area (Å²) in [6.45, 7) is 7.46. The molecule has 0 aliphatic heterocycles. The van der Waals surface area contributed by atoms with Crippen molar-refractivity contribution in [2.24, 2.45) is 0 Å². The van der Waals surface area contributed by atoms with Crippen LogP contribution in [0.5, 0.6) is 0 Å². The summed E-state index contributed by atoms with van der Waals surface area (Å²) in [6, 6.07) is 7.93. The van der Waals surface area contributed by atoms with E-state index >= 15 is 0 Å². The second kappa shape index (κ2) is 9.07. The van der Waals surface area contributed by atoms with Crippen LogP contribution in [0.4, 0.5) is 0 Å². The minimum absolute atomic E-state index is 0.0867. The fourth-order valence-electron chi connectivity index (χ4n) is 2.12. The highest BCUT2D eigenvalue weighted by Crippen LogP contribution is 2.27. The number of rotatable bonds is 8. The van der Waals surface area contributed by atoms with Gasteiger partial charge in [-0.15, -0.1) is 11.8 Å². The van der Waals surface area contributed by atoms with Gasteiger partial charge >= 0.3 is 0 Å². The van der Waals surface area contributed by atoms with Crippen LogP contribution in [-0.2, 0) is 14.3 Å². The summed E-state index contributed by atoms with van der Waals surface area (Å²) in [7, 11) is 3.23. The van der Waals surface area contributed by atoms with E-state index in [1.807, 2.05) is 49.9 Å². The fraction of sp³-hybridized carbons (Fsp3) is 0.562. The molecule has 0 saturated carbocycles. The van der Waals surface area contributed by atoms with Crippen LogP contribution in [0.1, 0.15) is 32.6 Å². The van der Waals surface area contributed by atoms with Gasteiger partial charge in [0.25, 0.3) is 0 Å². The third-order valence-electron chi connectivity index (χ3n) is 3.32. The second-order valence-electron chi connectivity index (χ2n) is 4.64. The summed E-state index contributed by atoms with van der Waals surface area (Å²) in [4.78, 5) is 15.2. The first kappa shape index (κ1) is 18.0. The highest BCUT2D eigenvalue weighted by molar-refractivity contribution is 8.00. The van der Waals surface area contributed by atoms with Crippen molar-refractivity contribution in [3.05, 3.63) is 29.8 Å². The molecule has 0 fully saturated rings. The number of thioether (sulfide) groups is 1. The molecule has 0 N–H and O–H groups in total. The molecule has 1 aromatic carbocycles. The molecule has 0 aliphatic rings. The predicted molar refractivity (Wildman–Crippen MR) is 86.4 cm³/mol. The van der Waals surface area contributed by atoms with Crippen LogP contribution in [0.3, 0.4) is 0 Å². The minimum Gasteiger partial charge on any atom is -0.352 e. The van der Waals surface area contributed by atoms with Crippen LogP contribution in [0.25, 0.3) is 0 Å². The number of carbonyl (C=O) groups excluding carboxylic acids is 1. The highest BCUT2D eigenvalue weighted by Gasteiger charge is 2.19. The van der Waals surface area contributed by atoms with E-state index in [1.54, 1.807) is 26.0 Å². The standard InChI is InChI=1S/C16H25NO3S/c1-6-17(7-2)15(18)12(3)21-14-10-8-13(9-11-14)16(19-4)20-5/h8-12,16H,6-7H2,1-5H3. The molecule has 4 nitrogen and oxygen atoms in total. The number of carbonyl (C=O) groups is 1. The molecule has 0 spiro atoms. The highest BCUT2D eigenvalue weighted by atomic mass is 32.2. The Kier molecular flexibility index (Phi) is 7.78. The number of nitrogens with zero attached hydrogens (tertiary/aromatic N) is 1. The molecule has 0 aromatic heterocycles. The van der Waals surface area contributed by atoms with Gasteiger partial charge in [0.1, 0.15) is 0 Å². The maximum atomic E-state index is 12.2. The van der Waals surface area contributed by atoms with Crippen molar-refractivity contribution >= 4 is 17.7 Å². The third kappa shape index (κ3) is 5.02. The Bertz CT molecular complexity index is 428. The van der Waals surface area contributed by atoms with Crippen LogP contribution in [0.2, 0.25) is 0 Å². The summed E-state index contributed by atoms with van der Waals surface area (Å²) >= 11 is 1.57. The molecule has 0 bridgehead atoms. The lowest BCUT2D eigenvalue weighted by atomic mass is 10.2. The summed E-state index contributed by atoms with van der Waals surface area (Å²) in [6.07, 6.45) is -0.348. The number of hydrogen-bond acceptors (Lipinski definition) is 4. The van der Waals surface area contributed by atoms with Gasteiger partial charge in [-0.1, -0.05) is 12.1 Å². The molecule has 1 atom stereocenters. The van der Waals surface area contributed by atoms with E-state index in [0.717, 1.165) is 23.5 Å². The monoisotopic (exact) mass is 311 g/mol. The molecule has 1 aromatic rings. The summed E-state index contributed by atoms with van der Waals surface area (Å²) in [5.41, 5.74) is 0.965. The van der Waals surface area contributed by atoms with Crippen LogP contribution >= 0.6 is 11.8 Å². The fourth-order valence-corrected chi connectivity index (χ4v) is 3.07. The second-order valence-corrected chi connectivity index (χ2v) is 6.06. The smallest absolute Gasteiger partial charge is 0.235 e. The largest absolute Gasteiger partial charge is 0.352 e. The Hall–Kier alpha value is -1.04. The number of hydrogen-bond donors (Lipinski definition) is 0. The van der Waals surface area contributed by atoms with Crippen molar-refractivity contribution < 1.29 is 14.3 Å². The van der Waals surface area contributed by atoms with Gasteiger partial charge in [0.15, 0.2) is 6.29 Å². The van der Waals surface area contributed by atoms with Crippen LogP contribution in [-0.4, -0.2) is 43.4 Å². The van der Waals surface area contributed by atoms with Gasteiger partial charge in [0.2, 0.25) is 5.91 Å². The quantitative estimate of drug-likeness (QED) is 0.545. The molecule has 0 saturated heterocycles. The molecule has 0 aliphatic carbocycles. The zero-order valence-electron chi connectivity index (χ0n) is 13.5.